The normalized spacial score (nSPS) is 12.4. The molecule has 1 heterocycles. The largest absolute Gasteiger partial charge is 0.349 e. The highest BCUT2D eigenvalue weighted by Crippen LogP contribution is 2.06. The molecule has 0 aromatic carbocycles. The Morgan fingerprint density at radius 2 is 2.31 bits per heavy atom. The number of carbonyl (C=O) groups excluding carboxylic acids is 1. The van der Waals surface area contributed by atoms with Gasteiger partial charge in [-0.1, -0.05) is 32.6 Å². The number of aromatic nitrogens is 2. The van der Waals surface area contributed by atoms with Gasteiger partial charge in [0.15, 0.2) is 0 Å². The summed E-state index contributed by atoms with van der Waals surface area (Å²) in [6, 6.07) is 0.235. The van der Waals surface area contributed by atoms with Gasteiger partial charge in [0.05, 0.1) is 11.8 Å². The summed E-state index contributed by atoms with van der Waals surface area (Å²) in [5.41, 5.74) is 0.598. The van der Waals surface area contributed by atoms with E-state index in [1.165, 1.54) is 25.7 Å². The van der Waals surface area contributed by atoms with Crippen LogP contribution >= 0.6 is 0 Å². The summed E-state index contributed by atoms with van der Waals surface area (Å²) in [7, 11) is 0. The van der Waals surface area contributed by atoms with E-state index in [0.717, 1.165) is 6.42 Å². The number of amides is 1. The van der Waals surface area contributed by atoms with Crippen molar-refractivity contribution in [3.8, 4) is 0 Å². The molecule has 0 aliphatic rings. The van der Waals surface area contributed by atoms with Crippen molar-refractivity contribution in [3.05, 3.63) is 18.0 Å². The second kappa shape index (κ2) is 7.04. The number of hydrogen-bond acceptors (Lipinski definition) is 2. The van der Waals surface area contributed by atoms with Crippen molar-refractivity contribution in [2.45, 2.75) is 52.0 Å². The second-order valence-corrected chi connectivity index (χ2v) is 4.21. The molecule has 4 nitrogen and oxygen atoms in total. The van der Waals surface area contributed by atoms with Crippen LogP contribution in [0.25, 0.3) is 0 Å². The Labute approximate surface area is 96.8 Å². The molecule has 0 saturated heterocycles. The standard InChI is InChI=1S/C12H21N3O/c1-3-4-5-6-7-10(2)15-12(16)11-8-13-14-9-11/h8-10H,3-7H2,1-2H3,(H,13,14)(H,15,16). The molecule has 0 aliphatic carbocycles. The van der Waals surface area contributed by atoms with Gasteiger partial charge in [-0.25, -0.2) is 0 Å². The number of carbonyl (C=O) groups is 1. The number of nitrogens with zero attached hydrogens (tertiary/aromatic N) is 1. The zero-order chi connectivity index (χ0) is 11.8. The van der Waals surface area contributed by atoms with E-state index in [9.17, 15) is 4.79 Å². The molecule has 0 spiro atoms. The molecule has 16 heavy (non-hydrogen) atoms. The molecule has 2 N–H and O–H groups in total. The smallest absolute Gasteiger partial charge is 0.254 e. The molecule has 1 aromatic heterocycles. The Hall–Kier alpha value is -1.32. The Balaban J connectivity index is 2.19. The first kappa shape index (κ1) is 12.7. The van der Waals surface area contributed by atoms with Crippen molar-refractivity contribution >= 4 is 5.91 Å². The lowest BCUT2D eigenvalue weighted by atomic mass is 10.1. The van der Waals surface area contributed by atoms with Gasteiger partial charge in [-0.15, -0.1) is 0 Å². The first-order valence-corrected chi connectivity index (χ1v) is 6.03. The number of unbranched alkanes of at least 4 members (excludes halogenated alkanes) is 3. The van der Waals surface area contributed by atoms with Crippen LogP contribution in [-0.4, -0.2) is 22.1 Å². The second-order valence-electron chi connectivity index (χ2n) is 4.21. The molecule has 0 saturated carbocycles. The molecule has 0 radical (unpaired) electrons. The molecule has 0 fully saturated rings. The van der Waals surface area contributed by atoms with Crippen molar-refractivity contribution in [2.24, 2.45) is 0 Å². The van der Waals surface area contributed by atoms with Gasteiger partial charge in [0.25, 0.3) is 5.91 Å². The topological polar surface area (TPSA) is 57.8 Å². The zero-order valence-corrected chi connectivity index (χ0v) is 10.1. The van der Waals surface area contributed by atoms with Crippen LogP contribution in [0.3, 0.4) is 0 Å². The molecule has 1 aromatic rings. The summed E-state index contributed by atoms with van der Waals surface area (Å²) in [6.45, 7) is 4.24. The van der Waals surface area contributed by atoms with Crippen LogP contribution in [0, 0.1) is 0 Å². The number of aromatic amines is 1. The highest BCUT2D eigenvalue weighted by atomic mass is 16.1. The summed E-state index contributed by atoms with van der Waals surface area (Å²) in [5.74, 6) is -0.0447. The van der Waals surface area contributed by atoms with E-state index >= 15 is 0 Å². The van der Waals surface area contributed by atoms with E-state index in [-0.39, 0.29) is 11.9 Å². The van der Waals surface area contributed by atoms with Crippen LogP contribution in [0.15, 0.2) is 12.4 Å². The lowest BCUT2D eigenvalue weighted by molar-refractivity contribution is 0.0938. The highest BCUT2D eigenvalue weighted by Gasteiger charge is 2.09. The summed E-state index contributed by atoms with van der Waals surface area (Å²) < 4.78 is 0. The van der Waals surface area contributed by atoms with Crippen molar-refractivity contribution in [3.63, 3.8) is 0 Å². The third-order valence-corrected chi connectivity index (χ3v) is 2.63. The molecule has 1 amide bonds. The quantitative estimate of drug-likeness (QED) is 0.698. The maximum Gasteiger partial charge on any atom is 0.254 e. The Kier molecular flexibility index (Phi) is 5.61. The SMILES string of the molecule is CCCCCCC(C)NC(=O)c1cn[nH]c1. The average molecular weight is 223 g/mol. The first-order valence-electron chi connectivity index (χ1n) is 6.03. The van der Waals surface area contributed by atoms with Crippen LogP contribution in [-0.2, 0) is 0 Å². The number of nitrogens with one attached hydrogen (secondary N) is 2. The van der Waals surface area contributed by atoms with Gasteiger partial charge >= 0.3 is 0 Å². The van der Waals surface area contributed by atoms with E-state index in [4.69, 9.17) is 0 Å². The minimum atomic E-state index is -0.0447. The Morgan fingerprint density at radius 1 is 1.50 bits per heavy atom. The Bertz CT molecular complexity index is 295. The molecular weight excluding hydrogens is 202 g/mol. The minimum absolute atomic E-state index is 0.0447. The minimum Gasteiger partial charge on any atom is -0.349 e. The summed E-state index contributed by atoms with van der Waals surface area (Å²) in [5, 5.41) is 9.34. The summed E-state index contributed by atoms with van der Waals surface area (Å²) >= 11 is 0. The molecule has 90 valence electrons. The first-order chi connectivity index (χ1) is 7.74. The van der Waals surface area contributed by atoms with E-state index in [1.54, 1.807) is 12.4 Å². The maximum atomic E-state index is 11.6. The highest BCUT2D eigenvalue weighted by molar-refractivity contribution is 5.93. The number of hydrogen-bond donors (Lipinski definition) is 2. The van der Waals surface area contributed by atoms with Gasteiger partial charge in [-0.05, 0) is 13.3 Å². The van der Waals surface area contributed by atoms with Gasteiger partial charge in [-0.2, -0.15) is 5.10 Å². The number of H-pyrrole nitrogens is 1. The lowest BCUT2D eigenvalue weighted by Crippen LogP contribution is -2.32. The van der Waals surface area contributed by atoms with Crippen LogP contribution in [0.4, 0.5) is 0 Å². The fourth-order valence-corrected chi connectivity index (χ4v) is 1.63. The molecule has 0 aliphatic heterocycles. The van der Waals surface area contributed by atoms with Gasteiger partial charge in [-0.3, -0.25) is 9.89 Å². The van der Waals surface area contributed by atoms with Gasteiger partial charge in [0, 0.05) is 12.2 Å². The van der Waals surface area contributed by atoms with Crippen LogP contribution < -0.4 is 5.32 Å². The van der Waals surface area contributed by atoms with Crippen molar-refractivity contribution in [1.82, 2.24) is 15.5 Å². The van der Waals surface area contributed by atoms with Crippen molar-refractivity contribution in [1.29, 1.82) is 0 Å². The molecule has 1 atom stereocenters. The van der Waals surface area contributed by atoms with Crippen LogP contribution in [0.5, 0.6) is 0 Å². The van der Waals surface area contributed by atoms with E-state index in [1.807, 2.05) is 6.92 Å². The fraction of sp³-hybridized carbons (Fsp3) is 0.667. The zero-order valence-electron chi connectivity index (χ0n) is 10.1. The molecule has 1 unspecified atom stereocenters. The third kappa shape index (κ3) is 4.47. The molecular formula is C12H21N3O. The Morgan fingerprint density at radius 3 is 2.94 bits per heavy atom. The maximum absolute atomic E-state index is 11.6. The van der Waals surface area contributed by atoms with Crippen molar-refractivity contribution in [2.75, 3.05) is 0 Å². The third-order valence-electron chi connectivity index (χ3n) is 2.63. The van der Waals surface area contributed by atoms with Crippen molar-refractivity contribution < 1.29 is 4.79 Å². The molecule has 4 heteroatoms. The van der Waals surface area contributed by atoms with E-state index in [2.05, 4.69) is 22.4 Å². The van der Waals surface area contributed by atoms with Gasteiger partial charge in [0.2, 0.25) is 0 Å². The predicted molar refractivity (Wildman–Crippen MR) is 64.3 cm³/mol. The average Bonchev–Trinajstić information content (AvgIpc) is 2.77. The predicted octanol–water partition coefficient (Wildman–Crippen LogP) is 2.50. The van der Waals surface area contributed by atoms with Crippen LogP contribution in [0.2, 0.25) is 0 Å². The van der Waals surface area contributed by atoms with Crippen LogP contribution in [0.1, 0.15) is 56.3 Å². The summed E-state index contributed by atoms with van der Waals surface area (Å²) in [6.07, 6.45) is 9.16. The van der Waals surface area contributed by atoms with E-state index in [0.29, 0.717) is 5.56 Å². The van der Waals surface area contributed by atoms with E-state index < -0.39 is 0 Å². The van der Waals surface area contributed by atoms with Gasteiger partial charge < -0.3 is 5.32 Å². The fourth-order valence-electron chi connectivity index (χ4n) is 1.63. The van der Waals surface area contributed by atoms with Gasteiger partial charge in [0.1, 0.15) is 0 Å². The summed E-state index contributed by atoms with van der Waals surface area (Å²) in [4.78, 5) is 11.6. The molecule has 1 rings (SSSR count). The monoisotopic (exact) mass is 223 g/mol. The number of rotatable bonds is 7. The molecule has 0 bridgehead atoms. The lowest BCUT2D eigenvalue weighted by Gasteiger charge is -2.12.